The molecule has 1 unspecified atom stereocenters. The van der Waals surface area contributed by atoms with Gasteiger partial charge in [-0.1, -0.05) is 25.1 Å². The van der Waals surface area contributed by atoms with Gasteiger partial charge >= 0.3 is 0 Å². The molecule has 5 heteroatoms. The summed E-state index contributed by atoms with van der Waals surface area (Å²) in [6.45, 7) is 2.67. The highest BCUT2D eigenvalue weighted by Crippen LogP contribution is 2.34. The minimum atomic E-state index is 0.0370. The van der Waals surface area contributed by atoms with Gasteiger partial charge in [0.15, 0.2) is 11.5 Å². The van der Waals surface area contributed by atoms with E-state index < -0.39 is 0 Å². The Labute approximate surface area is 154 Å². The lowest BCUT2D eigenvalue weighted by Gasteiger charge is -2.34. The van der Waals surface area contributed by atoms with E-state index in [-0.39, 0.29) is 12.0 Å². The van der Waals surface area contributed by atoms with E-state index in [0.717, 1.165) is 23.4 Å². The third-order valence-corrected chi connectivity index (χ3v) is 4.67. The summed E-state index contributed by atoms with van der Waals surface area (Å²) in [6, 6.07) is 13.5. The molecule has 0 aliphatic carbocycles. The fourth-order valence-electron chi connectivity index (χ4n) is 3.17. The molecule has 1 heterocycles. The number of aryl methyl sites for hydroxylation is 1. The summed E-state index contributed by atoms with van der Waals surface area (Å²) >= 11 is 0. The number of fused-ring (bicyclic) bond motifs is 1. The third kappa shape index (κ3) is 3.77. The summed E-state index contributed by atoms with van der Waals surface area (Å²) < 4.78 is 16.6. The van der Waals surface area contributed by atoms with Crippen molar-refractivity contribution in [1.29, 1.82) is 0 Å². The number of anilines is 1. The fraction of sp³-hybridized carbons (Fsp3) is 0.381. The number of methoxy groups -OCH3 is 2. The van der Waals surface area contributed by atoms with Gasteiger partial charge < -0.3 is 19.1 Å². The van der Waals surface area contributed by atoms with Crippen molar-refractivity contribution < 1.29 is 19.0 Å². The Morgan fingerprint density at radius 3 is 2.65 bits per heavy atom. The molecule has 2 aromatic rings. The van der Waals surface area contributed by atoms with Crippen molar-refractivity contribution in [3.63, 3.8) is 0 Å². The predicted molar refractivity (Wildman–Crippen MR) is 101 cm³/mol. The van der Waals surface area contributed by atoms with Gasteiger partial charge in [0.2, 0.25) is 5.91 Å². The number of rotatable bonds is 6. The number of amides is 1. The molecule has 2 aromatic carbocycles. The van der Waals surface area contributed by atoms with Crippen LogP contribution in [0.4, 0.5) is 5.69 Å². The molecule has 1 aliphatic heterocycles. The zero-order valence-corrected chi connectivity index (χ0v) is 15.5. The molecule has 0 N–H and O–H groups in total. The lowest BCUT2D eigenvalue weighted by Crippen LogP contribution is -2.43. The average molecular weight is 355 g/mol. The third-order valence-electron chi connectivity index (χ3n) is 4.67. The normalized spacial score (nSPS) is 15.8. The Bertz CT molecular complexity index is 774. The van der Waals surface area contributed by atoms with Gasteiger partial charge in [-0.2, -0.15) is 0 Å². The number of ether oxygens (including phenoxy) is 3. The smallest absolute Gasteiger partial charge is 0.227 e. The Hall–Kier alpha value is -2.69. The van der Waals surface area contributed by atoms with Crippen LogP contribution in [0.25, 0.3) is 0 Å². The molecule has 5 nitrogen and oxygen atoms in total. The molecule has 138 valence electrons. The predicted octanol–water partition coefficient (Wildman–Crippen LogP) is 3.84. The number of hydrogen-bond donors (Lipinski definition) is 0. The number of carbonyl (C=O) groups excluding carboxylic acids is 1. The maximum absolute atomic E-state index is 12.9. The van der Waals surface area contributed by atoms with E-state index in [2.05, 4.69) is 6.92 Å². The van der Waals surface area contributed by atoms with Gasteiger partial charge in [0, 0.05) is 6.42 Å². The highest BCUT2D eigenvalue weighted by Gasteiger charge is 2.28. The maximum Gasteiger partial charge on any atom is 0.227 e. The van der Waals surface area contributed by atoms with Crippen LogP contribution in [0.1, 0.15) is 25.3 Å². The van der Waals surface area contributed by atoms with E-state index in [4.69, 9.17) is 14.2 Å². The van der Waals surface area contributed by atoms with E-state index in [0.29, 0.717) is 30.9 Å². The van der Waals surface area contributed by atoms with Crippen LogP contribution in [0.2, 0.25) is 0 Å². The first-order chi connectivity index (χ1) is 12.7. The van der Waals surface area contributed by atoms with Gasteiger partial charge in [-0.15, -0.1) is 0 Å². The molecule has 0 radical (unpaired) electrons. The van der Waals surface area contributed by atoms with Crippen LogP contribution < -0.4 is 19.1 Å². The molecule has 0 bridgehead atoms. The molecular weight excluding hydrogens is 330 g/mol. The highest BCUT2D eigenvalue weighted by atomic mass is 16.5. The minimum absolute atomic E-state index is 0.0370. The number of hydrogen-bond acceptors (Lipinski definition) is 4. The van der Waals surface area contributed by atoms with Crippen molar-refractivity contribution in [1.82, 2.24) is 0 Å². The Balaban J connectivity index is 1.72. The van der Waals surface area contributed by atoms with E-state index >= 15 is 0 Å². The first-order valence-corrected chi connectivity index (χ1v) is 8.93. The van der Waals surface area contributed by atoms with E-state index in [1.807, 2.05) is 47.4 Å². The Morgan fingerprint density at radius 2 is 1.92 bits per heavy atom. The number of para-hydroxylation sites is 2. The van der Waals surface area contributed by atoms with Crippen molar-refractivity contribution in [3.8, 4) is 17.2 Å². The van der Waals surface area contributed by atoms with Crippen LogP contribution >= 0.6 is 0 Å². The first-order valence-electron chi connectivity index (χ1n) is 8.93. The Kier molecular flexibility index (Phi) is 5.66. The standard InChI is InChI=1S/C21H25NO4/c1-4-16-14-22(17-7-5-6-8-18(17)26-16)21(23)12-10-15-9-11-19(24-2)20(13-15)25-3/h5-9,11,13,16H,4,10,12,14H2,1-3H3. The second kappa shape index (κ2) is 8.13. The van der Waals surface area contributed by atoms with Gasteiger partial charge in [-0.25, -0.2) is 0 Å². The minimum Gasteiger partial charge on any atom is -0.493 e. The van der Waals surface area contributed by atoms with Crippen LogP contribution in [0.5, 0.6) is 17.2 Å². The second-order valence-electron chi connectivity index (χ2n) is 6.31. The van der Waals surface area contributed by atoms with Gasteiger partial charge in [0.1, 0.15) is 11.9 Å². The summed E-state index contributed by atoms with van der Waals surface area (Å²) in [4.78, 5) is 14.7. The molecule has 1 amide bonds. The van der Waals surface area contributed by atoms with Gasteiger partial charge in [0.25, 0.3) is 0 Å². The van der Waals surface area contributed by atoms with Crippen molar-refractivity contribution in [2.24, 2.45) is 0 Å². The molecule has 1 aliphatic rings. The molecule has 0 aromatic heterocycles. The summed E-state index contributed by atoms with van der Waals surface area (Å²) in [5.74, 6) is 2.26. The van der Waals surface area contributed by atoms with Crippen LogP contribution in [0.3, 0.4) is 0 Å². The number of carbonyl (C=O) groups is 1. The Morgan fingerprint density at radius 1 is 1.15 bits per heavy atom. The number of nitrogens with zero attached hydrogens (tertiary/aromatic N) is 1. The van der Waals surface area contributed by atoms with Crippen molar-refractivity contribution in [3.05, 3.63) is 48.0 Å². The van der Waals surface area contributed by atoms with Gasteiger partial charge in [-0.3, -0.25) is 4.79 Å². The average Bonchev–Trinajstić information content (AvgIpc) is 2.70. The molecule has 0 fully saturated rings. The summed E-state index contributed by atoms with van der Waals surface area (Å²) in [7, 11) is 3.23. The van der Waals surface area contributed by atoms with E-state index in [1.165, 1.54) is 0 Å². The first kappa shape index (κ1) is 18.1. The maximum atomic E-state index is 12.9. The van der Waals surface area contributed by atoms with Crippen molar-refractivity contribution in [2.45, 2.75) is 32.3 Å². The molecular formula is C21H25NO4. The summed E-state index contributed by atoms with van der Waals surface area (Å²) in [5, 5.41) is 0. The van der Waals surface area contributed by atoms with E-state index in [9.17, 15) is 4.79 Å². The second-order valence-corrected chi connectivity index (χ2v) is 6.31. The zero-order chi connectivity index (χ0) is 18.5. The van der Waals surface area contributed by atoms with Crippen molar-refractivity contribution >= 4 is 11.6 Å². The lowest BCUT2D eigenvalue weighted by atomic mass is 10.1. The zero-order valence-electron chi connectivity index (χ0n) is 15.5. The summed E-state index contributed by atoms with van der Waals surface area (Å²) in [5.41, 5.74) is 1.90. The number of benzene rings is 2. The van der Waals surface area contributed by atoms with Crippen LogP contribution in [-0.2, 0) is 11.2 Å². The molecule has 1 atom stereocenters. The molecule has 3 rings (SSSR count). The quantitative estimate of drug-likeness (QED) is 0.790. The van der Waals surface area contributed by atoms with Crippen LogP contribution in [0.15, 0.2) is 42.5 Å². The van der Waals surface area contributed by atoms with E-state index in [1.54, 1.807) is 14.2 Å². The fourth-order valence-corrected chi connectivity index (χ4v) is 3.17. The SMILES string of the molecule is CCC1CN(C(=O)CCc2ccc(OC)c(OC)c2)c2ccccc2O1. The topological polar surface area (TPSA) is 48.0 Å². The lowest BCUT2D eigenvalue weighted by molar-refractivity contribution is -0.119. The van der Waals surface area contributed by atoms with Crippen molar-refractivity contribution in [2.75, 3.05) is 25.7 Å². The monoisotopic (exact) mass is 355 g/mol. The molecule has 26 heavy (non-hydrogen) atoms. The van der Waals surface area contributed by atoms with Crippen LogP contribution in [-0.4, -0.2) is 32.8 Å². The molecule has 0 saturated heterocycles. The molecule has 0 spiro atoms. The largest absolute Gasteiger partial charge is 0.493 e. The summed E-state index contributed by atoms with van der Waals surface area (Å²) in [6.07, 6.45) is 1.98. The highest BCUT2D eigenvalue weighted by molar-refractivity contribution is 5.95. The van der Waals surface area contributed by atoms with Gasteiger partial charge in [0.05, 0.1) is 26.5 Å². The molecule has 0 saturated carbocycles. The van der Waals surface area contributed by atoms with Crippen LogP contribution in [0, 0.1) is 0 Å². The van der Waals surface area contributed by atoms with Gasteiger partial charge in [-0.05, 0) is 42.7 Å².